The highest BCUT2D eigenvalue weighted by atomic mass is 15.2. The minimum absolute atomic E-state index is 0.135. The van der Waals surface area contributed by atoms with E-state index in [-0.39, 0.29) is 5.54 Å². The van der Waals surface area contributed by atoms with Crippen molar-refractivity contribution < 1.29 is 0 Å². The molecule has 1 saturated heterocycles. The molecule has 2 nitrogen and oxygen atoms in total. The maximum atomic E-state index is 10.00. The van der Waals surface area contributed by atoms with Crippen molar-refractivity contribution in [3.05, 3.63) is 0 Å². The zero-order valence-corrected chi connectivity index (χ0v) is 13.9. The first kappa shape index (κ1) is 16.8. The Hall–Kier alpha value is -0.550. The van der Waals surface area contributed by atoms with Gasteiger partial charge in [-0.25, -0.2) is 0 Å². The van der Waals surface area contributed by atoms with E-state index in [4.69, 9.17) is 0 Å². The maximum absolute atomic E-state index is 10.00. The highest BCUT2D eigenvalue weighted by molar-refractivity contribution is 5.08. The SMILES string of the molecule is N#CC1(N2CCCCCC2)CCCCCCCCCCC1. The van der Waals surface area contributed by atoms with Gasteiger partial charge in [-0.1, -0.05) is 70.6 Å². The van der Waals surface area contributed by atoms with E-state index in [0.29, 0.717) is 0 Å². The van der Waals surface area contributed by atoms with Crippen LogP contribution in [0.5, 0.6) is 0 Å². The van der Waals surface area contributed by atoms with Crippen LogP contribution in [0.25, 0.3) is 0 Å². The fraction of sp³-hybridized carbons (Fsp3) is 0.947. The Morgan fingerprint density at radius 1 is 0.571 bits per heavy atom. The van der Waals surface area contributed by atoms with Crippen molar-refractivity contribution in [2.24, 2.45) is 0 Å². The third-order valence-corrected chi connectivity index (χ3v) is 5.60. The summed E-state index contributed by atoms with van der Waals surface area (Å²) in [5, 5.41) is 10.00. The van der Waals surface area contributed by atoms with Crippen LogP contribution in [0.3, 0.4) is 0 Å². The molecule has 2 aliphatic rings. The van der Waals surface area contributed by atoms with Crippen molar-refractivity contribution in [2.75, 3.05) is 13.1 Å². The molecule has 120 valence electrons. The Balaban J connectivity index is 2.01. The average Bonchev–Trinajstić information content (AvgIpc) is 2.78. The molecule has 0 bridgehead atoms. The van der Waals surface area contributed by atoms with Crippen LogP contribution in [0, 0.1) is 11.3 Å². The topological polar surface area (TPSA) is 27.0 Å². The lowest BCUT2D eigenvalue weighted by Gasteiger charge is -2.39. The minimum Gasteiger partial charge on any atom is -0.286 e. The van der Waals surface area contributed by atoms with Crippen molar-refractivity contribution in [1.29, 1.82) is 5.26 Å². The van der Waals surface area contributed by atoms with E-state index < -0.39 is 0 Å². The molecular formula is C19H34N2. The van der Waals surface area contributed by atoms with E-state index in [1.807, 2.05) is 0 Å². The summed E-state index contributed by atoms with van der Waals surface area (Å²) in [7, 11) is 0. The Labute approximate surface area is 131 Å². The lowest BCUT2D eigenvalue weighted by Crippen LogP contribution is -2.48. The molecule has 2 heteroatoms. The summed E-state index contributed by atoms with van der Waals surface area (Å²) in [6.07, 6.45) is 19.7. The summed E-state index contributed by atoms with van der Waals surface area (Å²) in [6.45, 7) is 2.32. The Bertz CT molecular complexity index is 298. The summed E-state index contributed by atoms with van der Waals surface area (Å²) < 4.78 is 0. The Kier molecular flexibility index (Phi) is 7.58. The molecule has 1 aliphatic heterocycles. The van der Waals surface area contributed by atoms with E-state index in [2.05, 4.69) is 11.0 Å². The molecule has 1 heterocycles. The molecule has 2 fully saturated rings. The third kappa shape index (κ3) is 5.29. The zero-order chi connectivity index (χ0) is 14.8. The summed E-state index contributed by atoms with van der Waals surface area (Å²) in [5.74, 6) is 0. The number of nitrogens with zero attached hydrogens (tertiary/aromatic N) is 2. The highest BCUT2D eigenvalue weighted by Crippen LogP contribution is 2.32. The second kappa shape index (κ2) is 9.46. The largest absolute Gasteiger partial charge is 0.286 e. The van der Waals surface area contributed by atoms with Gasteiger partial charge in [0.05, 0.1) is 6.07 Å². The summed E-state index contributed by atoms with van der Waals surface area (Å²) in [6, 6.07) is 2.79. The standard InChI is InChI=1S/C19H34N2/c20-18-19(21-16-12-8-9-13-17-21)14-10-6-4-2-1-3-5-7-11-15-19/h1-17H2. The van der Waals surface area contributed by atoms with Crippen molar-refractivity contribution in [3.63, 3.8) is 0 Å². The average molecular weight is 290 g/mol. The van der Waals surface area contributed by atoms with Gasteiger partial charge in [0.15, 0.2) is 0 Å². The number of hydrogen-bond acceptors (Lipinski definition) is 2. The smallest absolute Gasteiger partial charge is 0.109 e. The van der Waals surface area contributed by atoms with Crippen LogP contribution in [-0.4, -0.2) is 23.5 Å². The molecule has 1 aliphatic carbocycles. The van der Waals surface area contributed by atoms with Crippen molar-refractivity contribution in [3.8, 4) is 6.07 Å². The monoisotopic (exact) mass is 290 g/mol. The van der Waals surface area contributed by atoms with E-state index in [0.717, 1.165) is 25.9 Å². The molecule has 0 amide bonds. The Morgan fingerprint density at radius 2 is 0.952 bits per heavy atom. The quantitative estimate of drug-likeness (QED) is 0.644. The molecule has 0 aromatic heterocycles. The summed E-state index contributed by atoms with van der Waals surface area (Å²) in [4.78, 5) is 2.58. The molecular weight excluding hydrogens is 256 g/mol. The van der Waals surface area contributed by atoms with Gasteiger partial charge in [0.25, 0.3) is 0 Å². The van der Waals surface area contributed by atoms with Crippen LogP contribution in [0.4, 0.5) is 0 Å². The number of rotatable bonds is 1. The number of nitriles is 1. The van der Waals surface area contributed by atoms with Gasteiger partial charge < -0.3 is 0 Å². The molecule has 0 aromatic carbocycles. The van der Waals surface area contributed by atoms with E-state index in [1.54, 1.807) is 0 Å². The molecule has 0 radical (unpaired) electrons. The maximum Gasteiger partial charge on any atom is 0.109 e. The first-order valence-electron chi connectivity index (χ1n) is 9.54. The molecule has 2 rings (SSSR count). The van der Waals surface area contributed by atoms with Gasteiger partial charge in [-0.15, -0.1) is 0 Å². The van der Waals surface area contributed by atoms with Crippen molar-refractivity contribution in [1.82, 2.24) is 4.90 Å². The number of hydrogen-bond donors (Lipinski definition) is 0. The predicted molar refractivity (Wildman–Crippen MR) is 89.2 cm³/mol. The van der Waals surface area contributed by atoms with E-state index in [9.17, 15) is 5.26 Å². The van der Waals surface area contributed by atoms with Crippen molar-refractivity contribution >= 4 is 0 Å². The van der Waals surface area contributed by atoms with Crippen LogP contribution in [0.15, 0.2) is 0 Å². The van der Waals surface area contributed by atoms with Gasteiger partial charge in [-0.2, -0.15) is 5.26 Å². The molecule has 0 aromatic rings. The van der Waals surface area contributed by atoms with Crippen LogP contribution >= 0.6 is 0 Å². The predicted octanol–water partition coefficient (Wildman–Crippen LogP) is 5.43. The lowest BCUT2D eigenvalue weighted by molar-refractivity contribution is 0.116. The minimum atomic E-state index is -0.135. The molecule has 0 atom stereocenters. The van der Waals surface area contributed by atoms with Gasteiger partial charge in [-0.05, 0) is 38.8 Å². The first-order chi connectivity index (χ1) is 10.4. The second-order valence-corrected chi connectivity index (χ2v) is 7.23. The highest BCUT2D eigenvalue weighted by Gasteiger charge is 2.36. The molecule has 1 saturated carbocycles. The first-order valence-corrected chi connectivity index (χ1v) is 9.54. The van der Waals surface area contributed by atoms with E-state index in [1.165, 1.54) is 83.5 Å². The van der Waals surface area contributed by atoms with Gasteiger partial charge in [0, 0.05) is 0 Å². The Morgan fingerprint density at radius 3 is 1.38 bits per heavy atom. The van der Waals surface area contributed by atoms with Gasteiger partial charge in [0.2, 0.25) is 0 Å². The second-order valence-electron chi connectivity index (χ2n) is 7.23. The van der Waals surface area contributed by atoms with Crippen LogP contribution in [-0.2, 0) is 0 Å². The summed E-state index contributed by atoms with van der Waals surface area (Å²) >= 11 is 0. The third-order valence-electron chi connectivity index (χ3n) is 5.60. The van der Waals surface area contributed by atoms with Gasteiger partial charge in [0.1, 0.15) is 5.54 Å². The summed E-state index contributed by atoms with van der Waals surface area (Å²) in [5.41, 5.74) is -0.135. The van der Waals surface area contributed by atoms with Crippen molar-refractivity contribution in [2.45, 2.75) is 102 Å². The van der Waals surface area contributed by atoms with Gasteiger partial charge >= 0.3 is 0 Å². The molecule has 0 spiro atoms. The van der Waals surface area contributed by atoms with Crippen LogP contribution in [0.1, 0.15) is 96.3 Å². The molecule has 21 heavy (non-hydrogen) atoms. The molecule has 0 N–H and O–H groups in total. The fourth-order valence-electron chi connectivity index (χ4n) is 4.19. The van der Waals surface area contributed by atoms with Crippen LogP contribution < -0.4 is 0 Å². The van der Waals surface area contributed by atoms with Gasteiger partial charge in [-0.3, -0.25) is 4.90 Å². The number of likely N-dealkylation sites (tertiary alicyclic amines) is 1. The zero-order valence-electron chi connectivity index (χ0n) is 13.9. The fourth-order valence-corrected chi connectivity index (χ4v) is 4.19. The van der Waals surface area contributed by atoms with E-state index >= 15 is 0 Å². The normalized spacial score (nSPS) is 26.8. The molecule has 0 unspecified atom stereocenters. The van der Waals surface area contributed by atoms with Crippen LogP contribution in [0.2, 0.25) is 0 Å². The lowest BCUT2D eigenvalue weighted by atomic mass is 9.85.